The number of hydrogen-bond donors (Lipinski definition) is 1. The van der Waals surface area contributed by atoms with E-state index in [0.29, 0.717) is 24.6 Å². The van der Waals surface area contributed by atoms with Crippen molar-refractivity contribution >= 4 is 29.3 Å². The van der Waals surface area contributed by atoms with Crippen LogP contribution in [0.5, 0.6) is 0 Å². The van der Waals surface area contributed by atoms with Gasteiger partial charge in [0, 0.05) is 42.3 Å². The molecule has 1 aliphatic carbocycles. The molecule has 2 aromatic rings. The Morgan fingerprint density at radius 1 is 1.16 bits per heavy atom. The maximum absolute atomic E-state index is 12.9. The summed E-state index contributed by atoms with van der Waals surface area (Å²) in [6.45, 7) is 4.17. The van der Waals surface area contributed by atoms with E-state index in [1.807, 2.05) is 12.1 Å². The van der Waals surface area contributed by atoms with Gasteiger partial charge in [-0.25, -0.2) is 0 Å². The topological polar surface area (TPSA) is 78.1 Å². The highest BCUT2D eigenvalue weighted by molar-refractivity contribution is 6.10. The van der Waals surface area contributed by atoms with Gasteiger partial charge in [-0.05, 0) is 74.6 Å². The minimum Gasteiger partial charge on any atom is -0.346 e. The van der Waals surface area contributed by atoms with Crippen LogP contribution in [0, 0.1) is 25.2 Å². The fourth-order valence-corrected chi connectivity index (χ4v) is 5.09. The first kappa shape index (κ1) is 21.9. The van der Waals surface area contributed by atoms with Crippen molar-refractivity contribution in [3.8, 4) is 6.07 Å². The van der Waals surface area contributed by atoms with Gasteiger partial charge in [0.25, 0.3) is 5.91 Å². The summed E-state index contributed by atoms with van der Waals surface area (Å²) < 4.78 is 2.37. The molecule has 1 aromatic heterocycles. The third-order valence-corrected chi connectivity index (χ3v) is 6.81. The molecule has 1 N–H and O–H groups in total. The molecule has 4 rings (SSSR count). The van der Waals surface area contributed by atoms with Gasteiger partial charge in [0.15, 0.2) is 0 Å². The van der Waals surface area contributed by atoms with Crippen LogP contribution in [0.25, 0.3) is 6.08 Å². The number of rotatable bonds is 4. The third kappa shape index (κ3) is 4.20. The molecule has 0 atom stereocenters. The summed E-state index contributed by atoms with van der Waals surface area (Å²) in [5.74, 6) is -0.329. The van der Waals surface area contributed by atoms with Crippen molar-refractivity contribution in [2.24, 2.45) is 0 Å². The minimum atomic E-state index is -0.421. The van der Waals surface area contributed by atoms with E-state index in [9.17, 15) is 14.9 Å². The number of amides is 2. The first-order valence-corrected chi connectivity index (χ1v) is 11.4. The lowest BCUT2D eigenvalue weighted by Gasteiger charge is -2.26. The van der Waals surface area contributed by atoms with Crippen molar-refractivity contribution in [2.45, 2.75) is 64.8 Å². The molecule has 6 heteroatoms. The molecule has 0 unspecified atom stereocenters. The highest BCUT2D eigenvalue weighted by Crippen LogP contribution is 2.33. The van der Waals surface area contributed by atoms with E-state index in [0.717, 1.165) is 22.5 Å². The van der Waals surface area contributed by atoms with Crippen LogP contribution in [0.1, 0.15) is 67.1 Å². The summed E-state index contributed by atoms with van der Waals surface area (Å²) >= 11 is 0. The minimum absolute atomic E-state index is 0.0823. The molecule has 32 heavy (non-hydrogen) atoms. The van der Waals surface area contributed by atoms with Gasteiger partial charge in [0.05, 0.1) is 0 Å². The summed E-state index contributed by atoms with van der Waals surface area (Å²) in [6.07, 6.45) is 8.98. The monoisotopic (exact) mass is 430 g/mol. The lowest BCUT2D eigenvalue weighted by Crippen LogP contribution is -2.31. The van der Waals surface area contributed by atoms with Crippen LogP contribution in [0.15, 0.2) is 29.8 Å². The van der Waals surface area contributed by atoms with Crippen LogP contribution in [0.4, 0.5) is 11.4 Å². The van der Waals surface area contributed by atoms with Gasteiger partial charge in [-0.3, -0.25) is 9.59 Å². The van der Waals surface area contributed by atoms with Crippen LogP contribution in [0.3, 0.4) is 0 Å². The molecule has 0 saturated heterocycles. The third-order valence-electron chi connectivity index (χ3n) is 6.81. The summed E-state index contributed by atoms with van der Waals surface area (Å²) in [7, 11) is 1.76. The van der Waals surface area contributed by atoms with Crippen LogP contribution >= 0.6 is 0 Å². The Morgan fingerprint density at radius 2 is 1.91 bits per heavy atom. The van der Waals surface area contributed by atoms with Crippen LogP contribution < -0.4 is 10.2 Å². The van der Waals surface area contributed by atoms with Gasteiger partial charge in [0.2, 0.25) is 5.91 Å². The van der Waals surface area contributed by atoms with Crippen LogP contribution in [-0.4, -0.2) is 23.4 Å². The van der Waals surface area contributed by atoms with E-state index >= 15 is 0 Å². The molecule has 166 valence electrons. The first-order valence-electron chi connectivity index (χ1n) is 11.4. The molecule has 1 aromatic carbocycles. The van der Waals surface area contributed by atoms with Gasteiger partial charge >= 0.3 is 0 Å². The smallest absolute Gasteiger partial charge is 0.266 e. The molecular formula is C26H30N4O2. The molecule has 1 fully saturated rings. The normalized spacial score (nSPS) is 17.1. The number of carbonyl (C=O) groups excluding carboxylic acids is 2. The fourth-order valence-electron chi connectivity index (χ4n) is 5.09. The Labute approximate surface area is 189 Å². The number of benzene rings is 1. The summed E-state index contributed by atoms with van der Waals surface area (Å²) in [6, 6.07) is 10.1. The predicted molar refractivity (Wildman–Crippen MR) is 126 cm³/mol. The van der Waals surface area contributed by atoms with Crippen LogP contribution in [0.2, 0.25) is 0 Å². The Bertz CT molecular complexity index is 1130. The molecule has 2 aliphatic rings. The number of carbonyl (C=O) groups is 2. The molecule has 1 saturated carbocycles. The zero-order valence-corrected chi connectivity index (χ0v) is 19.1. The molecule has 0 radical (unpaired) electrons. The largest absolute Gasteiger partial charge is 0.346 e. The standard InChI is InChI=1S/C26H30N4O2/c1-17-13-20(18(2)30(17)23-7-5-4-6-8-23)14-21(16-27)26(32)28-22-10-11-24-19(15-22)9-12-25(31)29(24)3/h10-11,13-15,23H,4-9,12H2,1-3H3,(H,28,32)/b21-14+. The Balaban J connectivity index is 1.55. The Hall–Kier alpha value is -3.33. The van der Waals surface area contributed by atoms with E-state index in [1.165, 1.54) is 37.8 Å². The number of fused-ring (bicyclic) bond motifs is 1. The summed E-state index contributed by atoms with van der Waals surface area (Å²) in [5.41, 5.74) is 5.80. The van der Waals surface area contributed by atoms with Crippen LogP contribution in [-0.2, 0) is 16.0 Å². The van der Waals surface area contributed by atoms with E-state index in [-0.39, 0.29) is 11.5 Å². The van der Waals surface area contributed by atoms with E-state index in [2.05, 4.69) is 35.9 Å². The Morgan fingerprint density at radius 3 is 2.62 bits per heavy atom. The molecule has 0 bridgehead atoms. The lowest BCUT2D eigenvalue weighted by atomic mass is 9.95. The van der Waals surface area contributed by atoms with Gasteiger partial charge < -0.3 is 14.8 Å². The average Bonchev–Trinajstić information content (AvgIpc) is 3.07. The van der Waals surface area contributed by atoms with E-state index < -0.39 is 5.91 Å². The number of nitrogens with one attached hydrogen (secondary N) is 1. The SMILES string of the molecule is Cc1cc(/C=C(\C#N)C(=O)Nc2ccc3c(c2)CCC(=O)N3C)c(C)n1C1CCCCC1. The zero-order chi connectivity index (χ0) is 22.8. The summed E-state index contributed by atoms with van der Waals surface area (Å²) in [5, 5.41) is 12.5. The van der Waals surface area contributed by atoms with Crippen molar-refractivity contribution in [3.05, 3.63) is 52.4 Å². The van der Waals surface area contributed by atoms with Gasteiger partial charge in [-0.2, -0.15) is 5.26 Å². The van der Waals surface area contributed by atoms with Crippen molar-refractivity contribution in [2.75, 3.05) is 17.3 Å². The second-order valence-electron chi connectivity index (χ2n) is 8.91. The number of aromatic nitrogens is 1. The van der Waals surface area contributed by atoms with E-state index in [1.54, 1.807) is 24.1 Å². The van der Waals surface area contributed by atoms with Gasteiger partial charge in [-0.15, -0.1) is 0 Å². The lowest BCUT2D eigenvalue weighted by molar-refractivity contribution is -0.118. The molecule has 1 aliphatic heterocycles. The van der Waals surface area contributed by atoms with Crippen molar-refractivity contribution in [1.82, 2.24) is 4.57 Å². The molecule has 0 spiro atoms. The van der Waals surface area contributed by atoms with Gasteiger partial charge in [0.1, 0.15) is 11.6 Å². The molecule has 6 nitrogen and oxygen atoms in total. The Kier molecular flexibility index (Phi) is 6.18. The number of aryl methyl sites for hydroxylation is 2. The van der Waals surface area contributed by atoms with Gasteiger partial charge in [-0.1, -0.05) is 19.3 Å². The maximum Gasteiger partial charge on any atom is 0.266 e. The highest BCUT2D eigenvalue weighted by Gasteiger charge is 2.22. The number of nitrogens with zero attached hydrogens (tertiary/aromatic N) is 3. The van der Waals surface area contributed by atoms with Crippen molar-refractivity contribution < 1.29 is 9.59 Å². The van der Waals surface area contributed by atoms with E-state index in [4.69, 9.17) is 0 Å². The van der Waals surface area contributed by atoms with Crippen molar-refractivity contribution in [3.63, 3.8) is 0 Å². The predicted octanol–water partition coefficient (Wildman–Crippen LogP) is 5.06. The number of hydrogen-bond acceptors (Lipinski definition) is 3. The number of anilines is 2. The number of nitriles is 1. The molecule has 2 amide bonds. The second kappa shape index (κ2) is 9.04. The fraction of sp³-hybridized carbons (Fsp3) is 0.423. The summed E-state index contributed by atoms with van der Waals surface area (Å²) in [4.78, 5) is 26.4. The first-order chi connectivity index (χ1) is 15.4. The quantitative estimate of drug-likeness (QED) is 0.544. The molecular weight excluding hydrogens is 400 g/mol. The second-order valence-corrected chi connectivity index (χ2v) is 8.91. The molecule has 2 heterocycles. The highest BCUT2D eigenvalue weighted by atomic mass is 16.2. The maximum atomic E-state index is 12.9. The van der Waals surface area contributed by atoms with Crippen molar-refractivity contribution in [1.29, 1.82) is 5.26 Å². The zero-order valence-electron chi connectivity index (χ0n) is 19.1. The average molecular weight is 431 g/mol.